The van der Waals surface area contributed by atoms with Crippen molar-refractivity contribution in [1.82, 2.24) is 0 Å². The molecule has 0 amide bonds. The van der Waals surface area contributed by atoms with Crippen LogP contribution in [-0.4, -0.2) is 36.1 Å². The van der Waals surface area contributed by atoms with E-state index < -0.39 is 16.8 Å². The van der Waals surface area contributed by atoms with Crippen LogP contribution >= 0.6 is 0 Å². The van der Waals surface area contributed by atoms with E-state index >= 15 is 0 Å². The van der Waals surface area contributed by atoms with E-state index in [2.05, 4.69) is 5.16 Å². The number of benzene rings is 2. The highest BCUT2D eigenvalue weighted by Gasteiger charge is 2.31. The first-order chi connectivity index (χ1) is 15.4. The Labute approximate surface area is 187 Å². The summed E-state index contributed by atoms with van der Waals surface area (Å²) in [6, 6.07) is 13.6. The minimum Gasteiger partial charge on any atom is -0.461 e. The number of Topliss-reactive ketones (excluding diaryl/α,β-unsaturated/α-hetero) is 1. The average Bonchev–Trinajstić information content (AvgIpc) is 2.80. The molecule has 8 nitrogen and oxygen atoms in total. The highest BCUT2D eigenvalue weighted by atomic mass is 16.6. The van der Waals surface area contributed by atoms with Gasteiger partial charge in [0.2, 0.25) is 0 Å². The van der Waals surface area contributed by atoms with E-state index in [0.29, 0.717) is 24.0 Å². The molecule has 0 bridgehead atoms. The number of ketones is 1. The minimum atomic E-state index is -0.808. The second-order valence-corrected chi connectivity index (χ2v) is 7.18. The fourth-order valence-corrected chi connectivity index (χ4v) is 3.37. The maximum Gasteiger partial charge on any atom is 0.356 e. The van der Waals surface area contributed by atoms with Gasteiger partial charge in [0.25, 0.3) is 5.69 Å². The second-order valence-electron chi connectivity index (χ2n) is 7.18. The number of rotatable bonds is 12. The number of esters is 1. The van der Waals surface area contributed by atoms with Gasteiger partial charge in [-0.2, -0.15) is 0 Å². The molecule has 0 aliphatic carbocycles. The Bertz CT molecular complexity index is 969. The molecular weight excluding hydrogens is 412 g/mol. The molecule has 1 atom stereocenters. The second kappa shape index (κ2) is 12.3. The molecule has 2 rings (SSSR count). The average molecular weight is 440 g/mol. The normalized spacial score (nSPS) is 12.2. The van der Waals surface area contributed by atoms with Gasteiger partial charge in [-0.1, -0.05) is 54.9 Å². The number of hydrogen-bond acceptors (Lipinski definition) is 7. The summed E-state index contributed by atoms with van der Waals surface area (Å²) in [5.41, 5.74) is 1.94. The van der Waals surface area contributed by atoms with Crippen LogP contribution in [0.2, 0.25) is 0 Å². The lowest BCUT2D eigenvalue weighted by molar-refractivity contribution is -0.384. The third kappa shape index (κ3) is 6.47. The first-order valence-electron chi connectivity index (χ1n) is 10.6. The maximum atomic E-state index is 12.9. The lowest BCUT2D eigenvalue weighted by Gasteiger charge is -2.17. The van der Waals surface area contributed by atoms with Gasteiger partial charge in [0.15, 0.2) is 5.71 Å². The Morgan fingerprint density at radius 2 is 1.78 bits per heavy atom. The number of unbranched alkanes of at least 4 members (excludes halogenated alkanes) is 1. The number of carbonyl (C=O) groups is 2. The van der Waals surface area contributed by atoms with Crippen molar-refractivity contribution in [1.29, 1.82) is 0 Å². The quantitative estimate of drug-likeness (QED) is 0.204. The Hall–Kier alpha value is -3.55. The molecule has 0 N–H and O–H groups in total. The summed E-state index contributed by atoms with van der Waals surface area (Å²) < 4.78 is 5.08. The Morgan fingerprint density at radius 1 is 1.09 bits per heavy atom. The highest BCUT2D eigenvalue weighted by Crippen LogP contribution is 2.30. The van der Waals surface area contributed by atoms with Crippen LogP contribution < -0.4 is 0 Å². The molecule has 32 heavy (non-hydrogen) atoms. The van der Waals surface area contributed by atoms with Gasteiger partial charge in [0.1, 0.15) is 12.9 Å². The van der Waals surface area contributed by atoms with Gasteiger partial charge in [-0.25, -0.2) is 4.79 Å². The Kier molecular flexibility index (Phi) is 9.53. The van der Waals surface area contributed by atoms with Crippen LogP contribution in [0.15, 0.2) is 53.7 Å². The maximum absolute atomic E-state index is 12.9. The van der Waals surface area contributed by atoms with Gasteiger partial charge in [-0.15, -0.1) is 0 Å². The number of para-hydroxylation sites is 1. The summed E-state index contributed by atoms with van der Waals surface area (Å²) in [6.45, 7) is 3.82. The van der Waals surface area contributed by atoms with E-state index in [4.69, 9.17) is 9.57 Å². The van der Waals surface area contributed by atoms with Crippen molar-refractivity contribution in [2.75, 3.05) is 13.7 Å². The predicted molar refractivity (Wildman–Crippen MR) is 121 cm³/mol. The van der Waals surface area contributed by atoms with E-state index in [0.717, 1.165) is 12.0 Å². The van der Waals surface area contributed by atoms with Crippen LogP contribution in [0, 0.1) is 16.0 Å². The lowest BCUT2D eigenvalue weighted by atomic mass is 9.88. The van der Waals surface area contributed by atoms with Gasteiger partial charge < -0.3 is 9.57 Å². The van der Waals surface area contributed by atoms with Gasteiger partial charge in [-0.3, -0.25) is 14.9 Å². The molecule has 0 aliphatic rings. The minimum absolute atomic E-state index is 0.0182. The first kappa shape index (κ1) is 24.7. The molecule has 1 unspecified atom stereocenters. The van der Waals surface area contributed by atoms with Gasteiger partial charge >= 0.3 is 5.97 Å². The SMILES string of the molecule is CCCCC(=O)C(Cc1ccc(-c2ccccc2[N+](=O)[O-])cc1)C(=NOC)C(=O)OCC. The topological polar surface area (TPSA) is 108 Å². The Balaban J connectivity index is 2.35. The molecule has 8 heteroatoms. The zero-order valence-electron chi connectivity index (χ0n) is 18.6. The van der Waals surface area contributed by atoms with Crippen molar-refractivity contribution >= 4 is 23.2 Å². The molecule has 170 valence electrons. The van der Waals surface area contributed by atoms with Gasteiger partial charge in [0.05, 0.1) is 23.0 Å². The third-order valence-corrected chi connectivity index (χ3v) is 4.98. The van der Waals surface area contributed by atoms with Crippen LogP contribution in [0.3, 0.4) is 0 Å². The molecule has 0 saturated heterocycles. The zero-order chi connectivity index (χ0) is 23.5. The molecule has 0 aromatic heterocycles. The van der Waals surface area contributed by atoms with Crippen molar-refractivity contribution in [3.63, 3.8) is 0 Å². The number of nitro benzene ring substituents is 1. The molecule has 0 aliphatic heterocycles. The van der Waals surface area contributed by atoms with Crippen LogP contribution in [0.4, 0.5) is 5.69 Å². The standard InChI is InChI=1S/C24H28N2O6/c1-4-6-11-22(27)20(23(25-31-3)24(28)32-5-2)16-17-12-14-18(15-13-17)19-9-7-8-10-21(19)26(29)30/h7-10,12-15,20H,4-6,11,16H2,1-3H3. The number of hydrogen-bond donors (Lipinski definition) is 0. The summed E-state index contributed by atoms with van der Waals surface area (Å²) in [4.78, 5) is 41.1. The van der Waals surface area contributed by atoms with E-state index in [1.807, 2.05) is 6.92 Å². The fraction of sp³-hybridized carbons (Fsp3) is 0.375. The molecule has 0 saturated carbocycles. The number of nitro groups is 1. The lowest BCUT2D eigenvalue weighted by Crippen LogP contribution is -2.33. The van der Waals surface area contributed by atoms with Crippen LogP contribution in [0.5, 0.6) is 0 Å². The van der Waals surface area contributed by atoms with Crippen molar-refractivity contribution in [3.05, 3.63) is 64.2 Å². The third-order valence-electron chi connectivity index (χ3n) is 4.98. The van der Waals surface area contributed by atoms with Crippen LogP contribution in [-0.2, 0) is 25.6 Å². The Morgan fingerprint density at radius 3 is 2.38 bits per heavy atom. The molecular formula is C24H28N2O6. The molecule has 0 fully saturated rings. The summed E-state index contributed by atoms with van der Waals surface area (Å²) in [5.74, 6) is -1.60. The smallest absolute Gasteiger partial charge is 0.356 e. The van der Waals surface area contributed by atoms with Gasteiger partial charge in [0, 0.05) is 12.5 Å². The summed E-state index contributed by atoms with van der Waals surface area (Å²) >= 11 is 0. The summed E-state index contributed by atoms with van der Waals surface area (Å²) in [6.07, 6.45) is 2.10. The summed E-state index contributed by atoms with van der Waals surface area (Å²) in [5, 5.41) is 15.1. The number of carbonyl (C=O) groups excluding carboxylic acids is 2. The van der Waals surface area contributed by atoms with Crippen LogP contribution in [0.25, 0.3) is 11.1 Å². The zero-order valence-corrected chi connectivity index (χ0v) is 18.6. The molecule has 0 spiro atoms. The first-order valence-corrected chi connectivity index (χ1v) is 10.6. The fourth-order valence-electron chi connectivity index (χ4n) is 3.37. The highest BCUT2D eigenvalue weighted by molar-refractivity contribution is 6.40. The van der Waals surface area contributed by atoms with Crippen molar-refractivity contribution in [3.8, 4) is 11.1 Å². The van der Waals surface area contributed by atoms with E-state index in [9.17, 15) is 19.7 Å². The van der Waals surface area contributed by atoms with Crippen LogP contribution in [0.1, 0.15) is 38.7 Å². The van der Waals surface area contributed by atoms with E-state index in [1.165, 1.54) is 13.2 Å². The predicted octanol–water partition coefficient (Wildman–Crippen LogP) is 4.75. The van der Waals surface area contributed by atoms with E-state index in [-0.39, 0.29) is 30.2 Å². The molecule has 2 aromatic rings. The largest absolute Gasteiger partial charge is 0.461 e. The molecule has 0 heterocycles. The molecule has 0 radical (unpaired) electrons. The number of nitrogens with zero attached hydrogens (tertiary/aromatic N) is 2. The van der Waals surface area contributed by atoms with Crippen molar-refractivity contribution < 1.29 is 24.1 Å². The number of oxime groups is 1. The van der Waals surface area contributed by atoms with Crippen molar-refractivity contribution in [2.45, 2.75) is 39.5 Å². The van der Waals surface area contributed by atoms with Crippen molar-refractivity contribution in [2.24, 2.45) is 11.1 Å². The summed E-state index contributed by atoms with van der Waals surface area (Å²) in [7, 11) is 1.31. The number of ether oxygens (including phenoxy) is 1. The monoisotopic (exact) mass is 440 g/mol. The van der Waals surface area contributed by atoms with E-state index in [1.54, 1.807) is 49.4 Å². The molecule has 2 aromatic carbocycles. The van der Waals surface area contributed by atoms with Gasteiger partial charge in [-0.05, 0) is 37.0 Å².